The molecule has 114 valence electrons. The van der Waals surface area contributed by atoms with Crippen molar-refractivity contribution in [1.29, 1.82) is 0 Å². The zero-order valence-corrected chi connectivity index (χ0v) is 12.0. The van der Waals surface area contributed by atoms with Crippen LogP contribution in [0, 0.1) is 0 Å². The molecule has 0 unspecified atom stereocenters. The standard InChI is InChI=1S/C15H12N6O2/c22-15(11-4-1-2-5-16-11)21-8-10(9-21)14-19-13(20-23-14)12-17-6-3-7-18-12/h1-7,10H,8-9H2. The predicted octanol–water partition coefficient (Wildman–Crippen LogP) is 1.16. The number of likely N-dealkylation sites (tertiary alicyclic amines) is 1. The monoisotopic (exact) mass is 308 g/mol. The van der Waals surface area contributed by atoms with Gasteiger partial charge in [-0.1, -0.05) is 11.2 Å². The maximum atomic E-state index is 12.2. The van der Waals surface area contributed by atoms with E-state index in [1.807, 2.05) is 0 Å². The molecule has 8 nitrogen and oxygen atoms in total. The second-order valence-corrected chi connectivity index (χ2v) is 5.15. The summed E-state index contributed by atoms with van der Waals surface area (Å²) in [5.41, 5.74) is 0.440. The largest absolute Gasteiger partial charge is 0.338 e. The Balaban J connectivity index is 1.43. The third-order valence-electron chi connectivity index (χ3n) is 3.61. The summed E-state index contributed by atoms with van der Waals surface area (Å²) in [4.78, 5) is 30.4. The molecule has 1 aliphatic rings. The van der Waals surface area contributed by atoms with E-state index >= 15 is 0 Å². The van der Waals surface area contributed by atoms with Crippen molar-refractivity contribution < 1.29 is 9.32 Å². The zero-order valence-electron chi connectivity index (χ0n) is 12.0. The van der Waals surface area contributed by atoms with Crippen molar-refractivity contribution >= 4 is 5.91 Å². The Labute approximate surface area is 131 Å². The number of rotatable bonds is 3. The Bertz CT molecular complexity index is 814. The lowest BCUT2D eigenvalue weighted by molar-refractivity contribution is 0.0563. The van der Waals surface area contributed by atoms with Crippen LogP contribution in [0.3, 0.4) is 0 Å². The van der Waals surface area contributed by atoms with Gasteiger partial charge in [-0.15, -0.1) is 0 Å². The van der Waals surface area contributed by atoms with Gasteiger partial charge in [0, 0.05) is 31.7 Å². The topological polar surface area (TPSA) is 97.9 Å². The van der Waals surface area contributed by atoms with Gasteiger partial charge >= 0.3 is 0 Å². The van der Waals surface area contributed by atoms with Gasteiger partial charge < -0.3 is 9.42 Å². The third kappa shape index (κ3) is 2.54. The van der Waals surface area contributed by atoms with Crippen molar-refractivity contribution in [3.8, 4) is 11.6 Å². The summed E-state index contributed by atoms with van der Waals surface area (Å²) < 4.78 is 5.26. The van der Waals surface area contributed by atoms with Crippen molar-refractivity contribution in [2.45, 2.75) is 5.92 Å². The van der Waals surface area contributed by atoms with E-state index in [-0.39, 0.29) is 11.8 Å². The highest BCUT2D eigenvalue weighted by molar-refractivity contribution is 5.92. The molecule has 1 amide bonds. The fourth-order valence-corrected chi connectivity index (χ4v) is 2.36. The molecule has 0 aliphatic carbocycles. The second kappa shape index (κ2) is 5.56. The molecule has 0 radical (unpaired) electrons. The number of aromatic nitrogens is 5. The summed E-state index contributed by atoms with van der Waals surface area (Å²) >= 11 is 0. The number of pyridine rings is 1. The molecule has 0 bridgehead atoms. The lowest BCUT2D eigenvalue weighted by Gasteiger charge is -2.36. The molecular formula is C15H12N6O2. The molecule has 3 aromatic heterocycles. The molecule has 0 N–H and O–H groups in total. The number of nitrogens with zero attached hydrogens (tertiary/aromatic N) is 6. The predicted molar refractivity (Wildman–Crippen MR) is 78.2 cm³/mol. The molecule has 1 fully saturated rings. The summed E-state index contributed by atoms with van der Waals surface area (Å²) in [6, 6.07) is 6.99. The summed E-state index contributed by atoms with van der Waals surface area (Å²) in [5.74, 6) is 1.22. The van der Waals surface area contributed by atoms with Crippen LogP contribution in [0.4, 0.5) is 0 Å². The van der Waals surface area contributed by atoms with Crippen molar-refractivity contribution in [3.63, 3.8) is 0 Å². The minimum absolute atomic E-state index is 0.0348. The van der Waals surface area contributed by atoms with Crippen LogP contribution in [0.2, 0.25) is 0 Å². The molecule has 23 heavy (non-hydrogen) atoms. The van der Waals surface area contributed by atoms with E-state index in [2.05, 4.69) is 25.1 Å². The smallest absolute Gasteiger partial charge is 0.272 e. The summed E-state index contributed by atoms with van der Waals surface area (Å²) in [7, 11) is 0. The minimum atomic E-state index is -0.0898. The first-order valence-corrected chi connectivity index (χ1v) is 7.12. The average molecular weight is 308 g/mol. The first-order chi connectivity index (χ1) is 11.3. The van der Waals surface area contributed by atoms with Gasteiger partial charge in [0.25, 0.3) is 5.91 Å². The van der Waals surface area contributed by atoms with Gasteiger partial charge in [0.05, 0.1) is 5.92 Å². The zero-order chi connectivity index (χ0) is 15.6. The molecular weight excluding hydrogens is 296 g/mol. The van der Waals surface area contributed by atoms with Gasteiger partial charge in [-0.2, -0.15) is 4.98 Å². The second-order valence-electron chi connectivity index (χ2n) is 5.15. The highest BCUT2D eigenvalue weighted by Crippen LogP contribution is 2.27. The van der Waals surface area contributed by atoms with Crippen LogP contribution in [0.5, 0.6) is 0 Å². The van der Waals surface area contributed by atoms with E-state index in [9.17, 15) is 4.79 Å². The fraction of sp³-hybridized carbons (Fsp3) is 0.200. The Kier molecular flexibility index (Phi) is 3.26. The maximum Gasteiger partial charge on any atom is 0.272 e. The van der Waals surface area contributed by atoms with Crippen molar-refractivity contribution in [3.05, 3.63) is 54.4 Å². The lowest BCUT2D eigenvalue weighted by Crippen LogP contribution is -2.48. The molecule has 0 aromatic carbocycles. The molecule has 0 saturated carbocycles. The Morgan fingerprint density at radius 3 is 2.57 bits per heavy atom. The highest BCUT2D eigenvalue weighted by Gasteiger charge is 2.36. The average Bonchev–Trinajstić information content (AvgIpc) is 3.05. The number of hydrogen-bond acceptors (Lipinski definition) is 7. The minimum Gasteiger partial charge on any atom is -0.338 e. The van der Waals surface area contributed by atoms with Crippen LogP contribution in [0.15, 0.2) is 47.4 Å². The molecule has 4 rings (SSSR count). The molecule has 0 spiro atoms. The molecule has 4 heterocycles. The summed E-state index contributed by atoms with van der Waals surface area (Å²) in [5, 5.41) is 3.89. The quantitative estimate of drug-likeness (QED) is 0.716. The molecule has 1 aliphatic heterocycles. The van der Waals surface area contributed by atoms with Crippen molar-refractivity contribution in [2.75, 3.05) is 13.1 Å². The SMILES string of the molecule is O=C(c1ccccn1)N1CC(c2nc(-c3ncccn3)no2)C1. The van der Waals surface area contributed by atoms with E-state index in [1.165, 1.54) is 0 Å². The Hall–Kier alpha value is -3.16. The van der Waals surface area contributed by atoms with Gasteiger partial charge in [0.2, 0.25) is 17.5 Å². The van der Waals surface area contributed by atoms with E-state index in [0.29, 0.717) is 36.3 Å². The number of carbonyl (C=O) groups is 1. The molecule has 8 heteroatoms. The first kappa shape index (κ1) is 13.5. The van der Waals surface area contributed by atoms with Gasteiger partial charge in [0.15, 0.2) is 0 Å². The fourth-order valence-electron chi connectivity index (χ4n) is 2.36. The van der Waals surface area contributed by atoms with Crippen LogP contribution in [-0.2, 0) is 0 Å². The number of hydrogen-bond donors (Lipinski definition) is 0. The molecule has 0 atom stereocenters. The van der Waals surface area contributed by atoms with Crippen LogP contribution < -0.4 is 0 Å². The first-order valence-electron chi connectivity index (χ1n) is 7.12. The van der Waals surface area contributed by atoms with Crippen LogP contribution in [0.25, 0.3) is 11.6 Å². The molecule has 1 saturated heterocycles. The highest BCUT2D eigenvalue weighted by atomic mass is 16.5. The Morgan fingerprint density at radius 1 is 1.04 bits per heavy atom. The van der Waals surface area contributed by atoms with Crippen LogP contribution >= 0.6 is 0 Å². The molecule has 3 aromatic rings. The maximum absolute atomic E-state index is 12.2. The van der Waals surface area contributed by atoms with Gasteiger partial charge in [-0.3, -0.25) is 9.78 Å². The van der Waals surface area contributed by atoms with Crippen molar-refractivity contribution in [1.82, 2.24) is 30.0 Å². The summed E-state index contributed by atoms with van der Waals surface area (Å²) in [6.45, 7) is 1.07. The van der Waals surface area contributed by atoms with Gasteiger partial charge in [-0.25, -0.2) is 9.97 Å². The summed E-state index contributed by atoms with van der Waals surface area (Å²) in [6.07, 6.45) is 4.85. The number of amides is 1. The van der Waals surface area contributed by atoms with Crippen molar-refractivity contribution in [2.24, 2.45) is 0 Å². The van der Waals surface area contributed by atoms with Crippen LogP contribution in [-0.4, -0.2) is 49.0 Å². The van der Waals surface area contributed by atoms with Crippen LogP contribution in [0.1, 0.15) is 22.3 Å². The third-order valence-corrected chi connectivity index (χ3v) is 3.61. The van der Waals surface area contributed by atoms with E-state index < -0.39 is 0 Å². The lowest BCUT2D eigenvalue weighted by atomic mass is 9.99. The van der Waals surface area contributed by atoms with E-state index in [1.54, 1.807) is 47.8 Å². The van der Waals surface area contributed by atoms with Gasteiger partial charge in [0.1, 0.15) is 5.69 Å². The van der Waals surface area contributed by atoms with E-state index in [0.717, 1.165) is 0 Å². The van der Waals surface area contributed by atoms with Gasteiger partial charge in [-0.05, 0) is 18.2 Å². The number of carbonyl (C=O) groups excluding carboxylic acids is 1. The Morgan fingerprint density at radius 2 is 1.83 bits per heavy atom. The normalized spacial score (nSPS) is 14.5. The van der Waals surface area contributed by atoms with E-state index in [4.69, 9.17) is 4.52 Å².